The Hall–Kier alpha value is -1.90. The van der Waals surface area contributed by atoms with Gasteiger partial charge in [-0.3, -0.25) is 0 Å². The molecule has 2 N–H and O–H groups in total. The van der Waals surface area contributed by atoms with Gasteiger partial charge in [-0.25, -0.2) is 9.98 Å². The van der Waals surface area contributed by atoms with E-state index in [-0.39, 0.29) is 0 Å². The Bertz CT molecular complexity index is 449. The summed E-state index contributed by atoms with van der Waals surface area (Å²) in [6, 6.07) is 11.7. The Labute approximate surface area is 75.9 Å². The molecule has 0 saturated carbocycles. The van der Waals surface area contributed by atoms with Crippen LogP contribution in [-0.4, -0.2) is 11.3 Å². The zero-order valence-electron chi connectivity index (χ0n) is 7.01. The van der Waals surface area contributed by atoms with Crippen molar-refractivity contribution in [2.45, 2.75) is 0 Å². The van der Waals surface area contributed by atoms with E-state index >= 15 is 0 Å². The molecule has 0 saturated heterocycles. The van der Waals surface area contributed by atoms with Crippen LogP contribution in [0, 0.1) is 0 Å². The van der Waals surface area contributed by atoms with Crippen molar-refractivity contribution >= 4 is 23.1 Å². The minimum absolute atomic E-state index is 0.640. The van der Waals surface area contributed by atoms with Crippen LogP contribution in [0.4, 0.5) is 5.82 Å². The van der Waals surface area contributed by atoms with Gasteiger partial charge in [0.25, 0.3) is 0 Å². The molecule has 64 valence electrons. The number of fused-ring (bicyclic) bond motifs is 1. The van der Waals surface area contributed by atoms with Gasteiger partial charge in [0.05, 0.1) is 11.9 Å². The van der Waals surface area contributed by atoms with Crippen molar-refractivity contribution in [3.63, 3.8) is 0 Å². The Kier molecular flexibility index (Phi) is 1.92. The van der Waals surface area contributed by atoms with Gasteiger partial charge >= 0.3 is 0 Å². The number of benzene rings is 1. The van der Waals surface area contributed by atoms with Crippen molar-refractivity contribution in [3.8, 4) is 0 Å². The van der Waals surface area contributed by atoms with Crippen molar-refractivity contribution in [1.82, 2.24) is 4.98 Å². The van der Waals surface area contributed by atoms with Gasteiger partial charge < -0.3 is 5.73 Å². The first-order valence-corrected chi connectivity index (χ1v) is 4.00. The number of pyridine rings is 1. The molecule has 1 aromatic carbocycles. The minimum Gasteiger partial charge on any atom is -0.390 e. The van der Waals surface area contributed by atoms with E-state index in [2.05, 4.69) is 9.98 Å². The van der Waals surface area contributed by atoms with Crippen LogP contribution in [0.25, 0.3) is 10.9 Å². The highest BCUT2D eigenvalue weighted by molar-refractivity contribution is 5.80. The first kappa shape index (κ1) is 7.73. The van der Waals surface area contributed by atoms with E-state index in [1.807, 2.05) is 36.4 Å². The number of nitrogens with zero attached hydrogens (tertiary/aromatic N) is 2. The third-order valence-corrected chi connectivity index (χ3v) is 1.79. The van der Waals surface area contributed by atoms with Crippen LogP contribution in [-0.2, 0) is 0 Å². The second-order valence-corrected chi connectivity index (χ2v) is 2.64. The van der Waals surface area contributed by atoms with E-state index in [9.17, 15) is 0 Å². The van der Waals surface area contributed by atoms with Crippen molar-refractivity contribution in [2.75, 3.05) is 0 Å². The largest absolute Gasteiger partial charge is 0.390 e. The highest BCUT2D eigenvalue weighted by Crippen LogP contribution is 2.15. The fourth-order valence-corrected chi connectivity index (χ4v) is 1.20. The predicted molar refractivity (Wildman–Crippen MR) is 54.1 cm³/mol. The van der Waals surface area contributed by atoms with Gasteiger partial charge in [-0.1, -0.05) is 18.2 Å². The van der Waals surface area contributed by atoms with E-state index < -0.39 is 0 Å². The van der Waals surface area contributed by atoms with Gasteiger partial charge in [-0.15, -0.1) is 0 Å². The van der Waals surface area contributed by atoms with Crippen LogP contribution < -0.4 is 5.73 Å². The number of hydrogen-bond acceptors (Lipinski definition) is 2. The Balaban J connectivity index is 2.62. The fourth-order valence-electron chi connectivity index (χ4n) is 1.20. The highest BCUT2D eigenvalue weighted by Gasteiger charge is 1.93. The first-order valence-electron chi connectivity index (χ1n) is 4.00. The second-order valence-electron chi connectivity index (χ2n) is 2.64. The zero-order valence-corrected chi connectivity index (χ0v) is 7.01. The quantitative estimate of drug-likeness (QED) is 0.526. The summed E-state index contributed by atoms with van der Waals surface area (Å²) in [6.45, 7) is 0. The van der Waals surface area contributed by atoms with Crippen molar-refractivity contribution in [2.24, 2.45) is 10.7 Å². The zero-order chi connectivity index (χ0) is 9.10. The molecule has 13 heavy (non-hydrogen) atoms. The minimum atomic E-state index is 0.640. The lowest BCUT2D eigenvalue weighted by molar-refractivity contribution is 1.33. The van der Waals surface area contributed by atoms with Gasteiger partial charge in [0.1, 0.15) is 0 Å². The van der Waals surface area contributed by atoms with E-state index in [1.165, 1.54) is 6.34 Å². The van der Waals surface area contributed by atoms with E-state index in [0.29, 0.717) is 5.82 Å². The van der Waals surface area contributed by atoms with Gasteiger partial charge in [-0.05, 0) is 18.2 Å². The molecule has 0 spiro atoms. The molecule has 0 radical (unpaired) electrons. The predicted octanol–water partition coefficient (Wildman–Crippen LogP) is 1.85. The van der Waals surface area contributed by atoms with Gasteiger partial charge in [0.15, 0.2) is 5.82 Å². The molecule has 0 unspecified atom stereocenters. The van der Waals surface area contributed by atoms with Crippen LogP contribution in [0.3, 0.4) is 0 Å². The Morgan fingerprint density at radius 1 is 1.15 bits per heavy atom. The molecule has 0 aliphatic heterocycles. The smallest absolute Gasteiger partial charge is 0.154 e. The number of aliphatic imine (C=N–C) groups is 1. The molecule has 2 rings (SSSR count). The first-order chi connectivity index (χ1) is 6.40. The normalized spacial score (nSPS) is 11.1. The van der Waals surface area contributed by atoms with Crippen LogP contribution >= 0.6 is 0 Å². The number of aromatic nitrogens is 1. The average Bonchev–Trinajstić information content (AvgIpc) is 2.18. The maximum absolute atomic E-state index is 5.17. The lowest BCUT2D eigenvalue weighted by Crippen LogP contribution is -1.87. The van der Waals surface area contributed by atoms with Crippen molar-refractivity contribution in [3.05, 3.63) is 36.4 Å². The standard InChI is InChI=1S/C10H9N3/c11-7-12-10-6-5-8-3-1-2-4-9(8)13-10/h1-7H,(H2,11,12,13). The van der Waals surface area contributed by atoms with Crippen molar-refractivity contribution < 1.29 is 0 Å². The molecule has 0 atom stereocenters. The molecule has 0 aliphatic rings. The Morgan fingerprint density at radius 2 is 2.00 bits per heavy atom. The fraction of sp³-hybridized carbons (Fsp3) is 0. The van der Waals surface area contributed by atoms with Gasteiger partial charge in [0, 0.05) is 5.39 Å². The molecular formula is C10H9N3. The number of rotatable bonds is 1. The number of nitrogens with two attached hydrogens (primary N) is 1. The number of hydrogen-bond donors (Lipinski definition) is 1. The average molecular weight is 171 g/mol. The highest BCUT2D eigenvalue weighted by atomic mass is 14.9. The van der Waals surface area contributed by atoms with E-state index in [4.69, 9.17) is 5.73 Å². The molecule has 2 aromatic rings. The van der Waals surface area contributed by atoms with Crippen LogP contribution in [0.5, 0.6) is 0 Å². The van der Waals surface area contributed by atoms with Gasteiger partial charge in [0.2, 0.25) is 0 Å². The van der Waals surface area contributed by atoms with Crippen LogP contribution in [0.1, 0.15) is 0 Å². The molecule has 0 aliphatic carbocycles. The second kappa shape index (κ2) is 3.23. The summed E-state index contributed by atoms with van der Waals surface area (Å²) in [6.07, 6.45) is 1.25. The topological polar surface area (TPSA) is 51.3 Å². The molecule has 1 heterocycles. The molecule has 0 fully saturated rings. The van der Waals surface area contributed by atoms with E-state index in [0.717, 1.165) is 10.9 Å². The summed E-state index contributed by atoms with van der Waals surface area (Å²) in [7, 11) is 0. The lowest BCUT2D eigenvalue weighted by Gasteiger charge is -1.96. The molecular weight excluding hydrogens is 162 g/mol. The molecule has 3 heteroatoms. The van der Waals surface area contributed by atoms with E-state index in [1.54, 1.807) is 0 Å². The molecule has 0 amide bonds. The lowest BCUT2D eigenvalue weighted by atomic mass is 10.2. The van der Waals surface area contributed by atoms with Crippen LogP contribution in [0.2, 0.25) is 0 Å². The maximum Gasteiger partial charge on any atom is 0.154 e. The Morgan fingerprint density at radius 3 is 2.85 bits per heavy atom. The third kappa shape index (κ3) is 1.49. The molecule has 0 bridgehead atoms. The molecule has 3 nitrogen and oxygen atoms in total. The molecule has 1 aromatic heterocycles. The summed E-state index contributed by atoms with van der Waals surface area (Å²) in [5, 5.41) is 1.11. The summed E-state index contributed by atoms with van der Waals surface area (Å²) in [5.74, 6) is 0.640. The summed E-state index contributed by atoms with van der Waals surface area (Å²) in [5.41, 5.74) is 6.11. The van der Waals surface area contributed by atoms with Crippen LogP contribution in [0.15, 0.2) is 41.4 Å². The summed E-state index contributed by atoms with van der Waals surface area (Å²) >= 11 is 0. The number of para-hydroxylation sites is 1. The summed E-state index contributed by atoms with van der Waals surface area (Å²) in [4.78, 5) is 8.19. The summed E-state index contributed by atoms with van der Waals surface area (Å²) < 4.78 is 0. The SMILES string of the molecule is NC=Nc1ccc2ccccc2n1. The van der Waals surface area contributed by atoms with Gasteiger partial charge in [-0.2, -0.15) is 0 Å². The maximum atomic E-state index is 5.17. The van der Waals surface area contributed by atoms with Crippen molar-refractivity contribution in [1.29, 1.82) is 0 Å². The third-order valence-electron chi connectivity index (χ3n) is 1.79. The monoisotopic (exact) mass is 171 g/mol.